The van der Waals surface area contributed by atoms with E-state index in [2.05, 4.69) is 31.9 Å². The Morgan fingerprint density at radius 2 is 1.85 bits per heavy atom. The topological polar surface area (TPSA) is 86.4 Å². The third-order valence-electron chi connectivity index (χ3n) is 5.08. The van der Waals surface area contributed by atoms with Crippen LogP contribution in [0.3, 0.4) is 0 Å². The number of rotatable bonds is 9. The number of nitriles is 1. The van der Waals surface area contributed by atoms with Gasteiger partial charge in [-0.2, -0.15) is 10.4 Å². The lowest BCUT2D eigenvalue weighted by molar-refractivity contribution is -0.0672. The first-order valence-corrected chi connectivity index (χ1v) is 11.4. The van der Waals surface area contributed by atoms with E-state index < -0.39 is 12.4 Å². The molecule has 1 aromatic heterocycles. The maximum Gasteiger partial charge on any atom is 0.511 e. The minimum absolute atomic E-state index is 0.00713. The van der Waals surface area contributed by atoms with Crippen molar-refractivity contribution in [2.24, 2.45) is 0 Å². The Labute approximate surface area is 197 Å². The van der Waals surface area contributed by atoms with E-state index in [4.69, 9.17) is 14.2 Å². The van der Waals surface area contributed by atoms with Gasteiger partial charge in [-0.25, -0.2) is 4.79 Å². The fourth-order valence-corrected chi connectivity index (χ4v) is 3.26. The molecule has 0 aliphatic rings. The fraction of sp³-hybridized carbons (Fsp3) is 0.500. The molecule has 7 heteroatoms. The largest absolute Gasteiger partial charge is 0.511 e. The second-order valence-electron chi connectivity index (χ2n) is 8.89. The number of benzene rings is 1. The van der Waals surface area contributed by atoms with Crippen LogP contribution in [0.1, 0.15) is 76.9 Å². The zero-order valence-corrected chi connectivity index (χ0v) is 20.8. The zero-order chi connectivity index (χ0) is 24.6. The molecule has 0 radical (unpaired) electrons. The summed E-state index contributed by atoms with van der Waals surface area (Å²) in [6, 6.07) is 12.0. The van der Waals surface area contributed by atoms with Gasteiger partial charge in [-0.15, -0.1) is 0 Å². The molecule has 0 saturated heterocycles. The Bertz CT molecular complexity index is 1010. The number of nitrogens with zero attached hydrogens (tertiary/aromatic N) is 3. The van der Waals surface area contributed by atoms with Crippen LogP contribution in [0.25, 0.3) is 11.3 Å². The van der Waals surface area contributed by atoms with Crippen molar-refractivity contribution in [3.63, 3.8) is 0 Å². The number of carbonyl (C=O) groups excluding carboxylic acids is 1. The first-order valence-electron chi connectivity index (χ1n) is 11.4. The van der Waals surface area contributed by atoms with Gasteiger partial charge in [-0.1, -0.05) is 58.4 Å². The highest BCUT2D eigenvalue weighted by molar-refractivity contribution is 5.94. The third-order valence-corrected chi connectivity index (χ3v) is 5.08. The SMILES string of the molecule is CCCCOC(=O)OC(C)O/C(=C(/C#N)c1ccc(C(C)(C)C)cc1)c1cc(C)nn1CC. The molecule has 0 saturated carbocycles. The Balaban J connectivity index is 2.46. The van der Waals surface area contributed by atoms with E-state index >= 15 is 0 Å². The average molecular weight is 454 g/mol. The first kappa shape index (κ1) is 26.0. The summed E-state index contributed by atoms with van der Waals surface area (Å²) in [5.41, 5.74) is 3.63. The molecular formula is C26H35N3O4. The number of hydrogen-bond donors (Lipinski definition) is 0. The number of carbonyl (C=O) groups is 1. The van der Waals surface area contributed by atoms with Crippen LogP contribution in [0.4, 0.5) is 4.79 Å². The molecule has 0 amide bonds. The van der Waals surface area contributed by atoms with Gasteiger partial charge in [0.15, 0.2) is 5.76 Å². The zero-order valence-electron chi connectivity index (χ0n) is 20.8. The van der Waals surface area contributed by atoms with Crippen LogP contribution in [-0.4, -0.2) is 28.8 Å². The minimum atomic E-state index is -0.966. The molecule has 1 atom stereocenters. The van der Waals surface area contributed by atoms with Gasteiger partial charge in [0.1, 0.15) is 17.3 Å². The fourth-order valence-electron chi connectivity index (χ4n) is 3.26. The van der Waals surface area contributed by atoms with Gasteiger partial charge in [0.05, 0.1) is 12.3 Å². The van der Waals surface area contributed by atoms with Crippen LogP contribution in [-0.2, 0) is 26.2 Å². The van der Waals surface area contributed by atoms with Crippen LogP contribution in [0.2, 0.25) is 0 Å². The molecule has 0 fully saturated rings. The van der Waals surface area contributed by atoms with E-state index in [9.17, 15) is 10.1 Å². The summed E-state index contributed by atoms with van der Waals surface area (Å²) >= 11 is 0. The van der Waals surface area contributed by atoms with Crippen LogP contribution in [0, 0.1) is 18.3 Å². The Morgan fingerprint density at radius 3 is 2.39 bits per heavy atom. The molecule has 7 nitrogen and oxygen atoms in total. The summed E-state index contributed by atoms with van der Waals surface area (Å²) in [6.45, 7) is 14.7. The molecule has 2 rings (SSSR count). The Hall–Kier alpha value is -3.27. The van der Waals surface area contributed by atoms with Crippen LogP contribution >= 0.6 is 0 Å². The van der Waals surface area contributed by atoms with E-state index in [0.29, 0.717) is 29.1 Å². The molecule has 33 heavy (non-hydrogen) atoms. The van der Waals surface area contributed by atoms with Crippen molar-refractivity contribution in [3.05, 3.63) is 52.8 Å². The van der Waals surface area contributed by atoms with Crippen LogP contribution < -0.4 is 0 Å². The van der Waals surface area contributed by atoms with E-state index in [1.165, 1.54) is 0 Å². The summed E-state index contributed by atoms with van der Waals surface area (Å²) in [4.78, 5) is 12.0. The van der Waals surface area contributed by atoms with Crippen LogP contribution in [0.15, 0.2) is 30.3 Å². The van der Waals surface area contributed by atoms with Crippen molar-refractivity contribution in [2.75, 3.05) is 6.61 Å². The molecule has 1 unspecified atom stereocenters. The second kappa shape index (κ2) is 11.6. The predicted octanol–water partition coefficient (Wildman–Crippen LogP) is 6.22. The number of aryl methyl sites for hydroxylation is 2. The van der Waals surface area contributed by atoms with Crippen molar-refractivity contribution >= 4 is 17.5 Å². The maximum absolute atomic E-state index is 12.0. The van der Waals surface area contributed by atoms with Crippen molar-refractivity contribution in [3.8, 4) is 6.07 Å². The molecular weight excluding hydrogens is 418 g/mol. The molecule has 0 aliphatic carbocycles. The molecule has 1 aromatic carbocycles. The molecule has 0 bridgehead atoms. The molecule has 1 heterocycles. The lowest BCUT2D eigenvalue weighted by atomic mass is 9.86. The van der Waals surface area contributed by atoms with Gasteiger partial charge in [0.2, 0.25) is 6.29 Å². The van der Waals surface area contributed by atoms with Crippen molar-refractivity contribution in [1.82, 2.24) is 9.78 Å². The highest BCUT2D eigenvalue weighted by atomic mass is 16.8. The smallest absolute Gasteiger partial charge is 0.451 e. The molecule has 0 N–H and O–H groups in total. The first-order chi connectivity index (χ1) is 15.6. The normalized spacial score (nSPS) is 13.0. The quantitative estimate of drug-likeness (QED) is 0.147. The van der Waals surface area contributed by atoms with Gasteiger partial charge in [-0.3, -0.25) is 4.68 Å². The van der Waals surface area contributed by atoms with Gasteiger partial charge >= 0.3 is 6.16 Å². The summed E-state index contributed by atoms with van der Waals surface area (Å²) in [6.07, 6.45) is -0.102. The number of hydrogen-bond acceptors (Lipinski definition) is 6. The van der Waals surface area contributed by atoms with Gasteiger partial charge < -0.3 is 14.2 Å². The lowest BCUT2D eigenvalue weighted by Gasteiger charge is -2.21. The van der Waals surface area contributed by atoms with Crippen LogP contribution in [0.5, 0.6) is 0 Å². The van der Waals surface area contributed by atoms with Gasteiger partial charge in [0.25, 0.3) is 0 Å². The summed E-state index contributed by atoms with van der Waals surface area (Å²) < 4.78 is 18.1. The van der Waals surface area contributed by atoms with E-state index in [1.807, 2.05) is 51.1 Å². The number of ether oxygens (including phenoxy) is 3. The van der Waals surface area contributed by atoms with Gasteiger partial charge in [0, 0.05) is 13.5 Å². The van der Waals surface area contributed by atoms with Crippen molar-refractivity contribution in [1.29, 1.82) is 5.26 Å². The Kier molecular flexibility index (Phi) is 9.10. The van der Waals surface area contributed by atoms with E-state index in [-0.39, 0.29) is 12.0 Å². The number of allylic oxidation sites excluding steroid dienone is 1. The summed E-state index contributed by atoms with van der Waals surface area (Å²) in [5.74, 6) is 0.303. The van der Waals surface area contributed by atoms with E-state index in [1.54, 1.807) is 11.6 Å². The molecule has 0 spiro atoms. The maximum atomic E-state index is 12.0. The summed E-state index contributed by atoms with van der Waals surface area (Å²) in [7, 11) is 0. The molecule has 2 aromatic rings. The number of unbranched alkanes of at least 4 members (excludes halogenated alkanes) is 1. The number of aromatic nitrogens is 2. The minimum Gasteiger partial charge on any atom is -0.451 e. The van der Waals surface area contributed by atoms with E-state index in [0.717, 1.165) is 24.1 Å². The second-order valence-corrected chi connectivity index (χ2v) is 8.89. The van der Waals surface area contributed by atoms with Crippen molar-refractivity contribution < 1.29 is 19.0 Å². The highest BCUT2D eigenvalue weighted by Gasteiger charge is 2.23. The molecule has 0 aliphatic heterocycles. The monoisotopic (exact) mass is 453 g/mol. The Morgan fingerprint density at radius 1 is 1.18 bits per heavy atom. The lowest BCUT2D eigenvalue weighted by Crippen LogP contribution is -2.20. The molecule has 178 valence electrons. The third kappa shape index (κ3) is 7.11. The average Bonchev–Trinajstić information content (AvgIpc) is 3.14. The summed E-state index contributed by atoms with van der Waals surface area (Å²) in [5, 5.41) is 14.6. The standard InChI is InChI=1S/C26H35N3O4/c1-8-10-15-31-25(30)33-19(4)32-24(23-16-18(3)28-29(23)9-2)22(17-27)20-11-13-21(14-12-20)26(5,6)7/h11-14,16,19H,8-10,15H2,1-7H3/b24-22-. The predicted molar refractivity (Wildman–Crippen MR) is 128 cm³/mol. The highest BCUT2D eigenvalue weighted by Crippen LogP contribution is 2.31. The van der Waals surface area contributed by atoms with Crippen molar-refractivity contribution in [2.45, 2.75) is 79.6 Å². The van der Waals surface area contributed by atoms with Gasteiger partial charge in [-0.05, 0) is 42.9 Å².